The Morgan fingerprint density at radius 2 is 2.10 bits per heavy atom. The van der Waals surface area contributed by atoms with Crippen LogP contribution in [0.15, 0.2) is 30.6 Å². The summed E-state index contributed by atoms with van der Waals surface area (Å²) in [5.74, 6) is -1.32. The van der Waals surface area contributed by atoms with Gasteiger partial charge in [0.25, 0.3) is 0 Å². The first-order chi connectivity index (χ1) is 10.1. The first-order valence-electron chi connectivity index (χ1n) is 6.28. The van der Waals surface area contributed by atoms with Crippen molar-refractivity contribution in [1.82, 2.24) is 15.0 Å². The molecule has 2 heterocycles. The van der Waals surface area contributed by atoms with E-state index in [2.05, 4.69) is 26.1 Å². The van der Waals surface area contributed by atoms with E-state index in [-0.39, 0.29) is 18.7 Å². The average Bonchev–Trinajstić information content (AvgIpc) is 3.09. The van der Waals surface area contributed by atoms with E-state index in [4.69, 9.17) is 9.47 Å². The van der Waals surface area contributed by atoms with E-state index >= 15 is 0 Å². The van der Waals surface area contributed by atoms with Crippen LogP contribution in [0.3, 0.4) is 0 Å². The number of benzene rings is 1. The second-order valence-corrected chi connectivity index (χ2v) is 5.34. The number of rotatable bonds is 4. The van der Waals surface area contributed by atoms with Crippen molar-refractivity contribution in [1.29, 1.82) is 0 Å². The van der Waals surface area contributed by atoms with Crippen LogP contribution in [0.1, 0.15) is 5.56 Å². The van der Waals surface area contributed by atoms with Gasteiger partial charge in [0, 0.05) is 11.6 Å². The van der Waals surface area contributed by atoms with Crippen molar-refractivity contribution in [3.63, 3.8) is 0 Å². The van der Waals surface area contributed by atoms with Crippen molar-refractivity contribution in [3.8, 4) is 0 Å². The maximum Gasteiger partial charge on any atom is 0.168 e. The third-order valence-electron chi connectivity index (χ3n) is 3.27. The fraction of sp³-hybridized carbons (Fsp3) is 0.385. The molecule has 1 aromatic carbocycles. The molecule has 3 rings (SSSR count). The molecule has 0 unspecified atom stereocenters. The zero-order valence-corrected chi connectivity index (χ0v) is 12.5. The molecule has 21 heavy (non-hydrogen) atoms. The number of ether oxygens (including phenoxy) is 2. The predicted octanol–water partition coefficient (Wildman–Crippen LogP) is 2.22. The summed E-state index contributed by atoms with van der Waals surface area (Å²) >= 11 is 3.27. The molecular weight excluding hydrogens is 348 g/mol. The third-order valence-corrected chi connectivity index (χ3v) is 3.80. The van der Waals surface area contributed by atoms with Crippen LogP contribution in [0.25, 0.3) is 0 Å². The van der Waals surface area contributed by atoms with E-state index < -0.39 is 23.5 Å². The van der Waals surface area contributed by atoms with Crippen LogP contribution in [0.5, 0.6) is 0 Å². The normalized spacial score (nSPS) is 25.4. The number of halogens is 3. The molecule has 5 nitrogen and oxygen atoms in total. The Labute approximate surface area is 128 Å². The maximum absolute atomic E-state index is 14.2. The summed E-state index contributed by atoms with van der Waals surface area (Å²) in [6.07, 6.45) is 2.53. The molecule has 1 saturated heterocycles. The van der Waals surface area contributed by atoms with Gasteiger partial charge in [-0.2, -0.15) is 15.0 Å². The molecule has 112 valence electrons. The molecule has 0 saturated carbocycles. The highest BCUT2D eigenvalue weighted by Gasteiger charge is 2.45. The van der Waals surface area contributed by atoms with Gasteiger partial charge in [-0.25, -0.2) is 8.78 Å². The highest BCUT2D eigenvalue weighted by molar-refractivity contribution is 9.09. The predicted molar refractivity (Wildman–Crippen MR) is 72.7 cm³/mol. The molecular formula is C13H12BrF2N3O2. The first kappa shape index (κ1) is 14.6. The Morgan fingerprint density at radius 3 is 2.71 bits per heavy atom. The number of alkyl halides is 1. The Morgan fingerprint density at radius 1 is 1.33 bits per heavy atom. The van der Waals surface area contributed by atoms with Gasteiger partial charge in [0.15, 0.2) is 6.29 Å². The summed E-state index contributed by atoms with van der Waals surface area (Å²) in [5, 5.41) is 8.47. The quantitative estimate of drug-likeness (QED) is 0.785. The summed E-state index contributed by atoms with van der Waals surface area (Å²) in [7, 11) is 0. The molecule has 2 atom stereocenters. The summed E-state index contributed by atoms with van der Waals surface area (Å²) in [6.45, 7) is 0.305. The molecule has 1 aromatic heterocycles. The van der Waals surface area contributed by atoms with Gasteiger partial charge in [-0.05, 0) is 6.07 Å². The fourth-order valence-corrected chi connectivity index (χ4v) is 2.66. The molecule has 0 bridgehead atoms. The number of hydrogen-bond donors (Lipinski definition) is 0. The van der Waals surface area contributed by atoms with Gasteiger partial charge >= 0.3 is 0 Å². The highest BCUT2D eigenvalue weighted by atomic mass is 79.9. The molecule has 1 aliphatic rings. The van der Waals surface area contributed by atoms with Crippen molar-refractivity contribution in [3.05, 3.63) is 47.8 Å². The van der Waals surface area contributed by atoms with Crippen molar-refractivity contribution in [2.24, 2.45) is 0 Å². The number of aromatic nitrogens is 3. The number of nitrogens with zero attached hydrogens (tertiary/aromatic N) is 3. The van der Waals surface area contributed by atoms with Crippen molar-refractivity contribution >= 4 is 15.9 Å². The standard InChI is InChI=1S/C13H12BrF2N3O2/c14-6-12-20-8-13(21-12,7-19-17-3-4-18-19)10-2-1-9(15)5-11(10)16/h1-5,12H,6-8H2/t12-,13-/m1/s1. The monoisotopic (exact) mass is 359 g/mol. The Hall–Kier alpha value is -1.38. The van der Waals surface area contributed by atoms with Crippen molar-refractivity contribution in [2.45, 2.75) is 18.4 Å². The topological polar surface area (TPSA) is 49.2 Å². The first-order valence-corrected chi connectivity index (χ1v) is 7.40. The second-order valence-electron chi connectivity index (χ2n) is 4.69. The van der Waals surface area contributed by atoms with E-state index in [0.717, 1.165) is 6.07 Å². The van der Waals surface area contributed by atoms with E-state index in [0.29, 0.717) is 5.33 Å². The Balaban J connectivity index is 1.99. The van der Waals surface area contributed by atoms with Gasteiger partial charge in [0.1, 0.15) is 17.2 Å². The van der Waals surface area contributed by atoms with E-state index in [1.165, 1.54) is 29.3 Å². The molecule has 0 aliphatic carbocycles. The van der Waals surface area contributed by atoms with E-state index in [1.54, 1.807) is 0 Å². The minimum absolute atomic E-state index is 0.132. The summed E-state index contributed by atoms with van der Waals surface area (Å²) < 4.78 is 38.7. The smallest absolute Gasteiger partial charge is 0.168 e. The van der Waals surface area contributed by atoms with Crippen LogP contribution in [-0.4, -0.2) is 33.2 Å². The summed E-state index contributed by atoms with van der Waals surface area (Å²) in [6, 6.07) is 3.40. The van der Waals surface area contributed by atoms with Crippen LogP contribution in [0.2, 0.25) is 0 Å². The van der Waals surface area contributed by atoms with Crippen LogP contribution < -0.4 is 0 Å². The largest absolute Gasteiger partial charge is 0.348 e. The lowest BCUT2D eigenvalue weighted by Crippen LogP contribution is -2.36. The second kappa shape index (κ2) is 5.78. The van der Waals surface area contributed by atoms with Crippen LogP contribution in [-0.2, 0) is 21.6 Å². The lowest BCUT2D eigenvalue weighted by molar-refractivity contribution is -0.0854. The molecule has 0 amide bonds. The molecule has 1 fully saturated rings. The summed E-state index contributed by atoms with van der Waals surface area (Å²) in [5.41, 5.74) is -0.862. The van der Waals surface area contributed by atoms with Crippen molar-refractivity contribution < 1.29 is 18.3 Å². The molecule has 0 spiro atoms. The Bertz CT molecular complexity index is 626. The molecule has 2 aromatic rings. The van der Waals surface area contributed by atoms with Gasteiger partial charge in [-0.3, -0.25) is 0 Å². The molecule has 0 radical (unpaired) electrons. The molecule has 1 aliphatic heterocycles. The minimum Gasteiger partial charge on any atom is -0.348 e. The SMILES string of the molecule is Fc1ccc([C@@]2(Cn3nccn3)CO[C@@H](CBr)O2)c(F)c1. The lowest BCUT2D eigenvalue weighted by atomic mass is 9.94. The Kier molecular flexibility index (Phi) is 4.01. The van der Waals surface area contributed by atoms with Gasteiger partial charge in [-0.1, -0.05) is 22.0 Å². The zero-order chi connectivity index (χ0) is 14.9. The number of hydrogen-bond acceptors (Lipinski definition) is 4. The van der Waals surface area contributed by atoms with Gasteiger partial charge in [-0.15, -0.1) is 0 Å². The van der Waals surface area contributed by atoms with Gasteiger partial charge in [0.05, 0.1) is 30.9 Å². The highest BCUT2D eigenvalue weighted by Crippen LogP contribution is 2.37. The molecule has 8 heteroatoms. The summed E-state index contributed by atoms with van der Waals surface area (Å²) in [4.78, 5) is 1.39. The zero-order valence-electron chi connectivity index (χ0n) is 10.9. The van der Waals surface area contributed by atoms with Gasteiger partial charge in [0.2, 0.25) is 0 Å². The van der Waals surface area contributed by atoms with Crippen LogP contribution >= 0.6 is 15.9 Å². The van der Waals surface area contributed by atoms with Crippen LogP contribution in [0, 0.1) is 11.6 Å². The van der Waals surface area contributed by atoms with Crippen molar-refractivity contribution in [2.75, 3.05) is 11.9 Å². The van der Waals surface area contributed by atoms with Crippen LogP contribution in [0.4, 0.5) is 8.78 Å². The van der Waals surface area contributed by atoms with E-state index in [9.17, 15) is 8.78 Å². The maximum atomic E-state index is 14.2. The fourth-order valence-electron chi connectivity index (χ4n) is 2.34. The lowest BCUT2D eigenvalue weighted by Gasteiger charge is -2.27. The van der Waals surface area contributed by atoms with E-state index in [1.807, 2.05) is 0 Å². The minimum atomic E-state index is -1.09. The van der Waals surface area contributed by atoms with Gasteiger partial charge < -0.3 is 9.47 Å². The molecule has 0 N–H and O–H groups in total. The average molecular weight is 360 g/mol. The third kappa shape index (κ3) is 2.83.